The first-order valence-electron chi connectivity index (χ1n) is 9.59. The normalized spacial score (nSPS) is 17.7. The molecule has 29 heavy (non-hydrogen) atoms. The molecule has 0 aliphatic carbocycles. The molecule has 1 atom stereocenters. The van der Waals surface area contributed by atoms with Crippen LogP contribution in [-0.2, 0) is 6.42 Å². The summed E-state index contributed by atoms with van der Waals surface area (Å²) in [6, 6.07) is 10.0. The number of rotatable bonds is 5. The van der Waals surface area contributed by atoms with Crippen molar-refractivity contribution in [2.75, 3.05) is 11.9 Å². The molecule has 0 bridgehead atoms. The highest BCUT2D eigenvalue weighted by Gasteiger charge is 2.39. The van der Waals surface area contributed by atoms with Crippen LogP contribution in [-0.4, -0.2) is 27.3 Å². The van der Waals surface area contributed by atoms with Crippen LogP contribution in [0.25, 0.3) is 11.3 Å². The van der Waals surface area contributed by atoms with Crippen molar-refractivity contribution in [2.24, 2.45) is 0 Å². The molecule has 7 heteroatoms. The summed E-state index contributed by atoms with van der Waals surface area (Å²) in [5, 5.41) is 21.9. The zero-order valence-corrected chi connectivity index (χ0v) is 17.0. The van der Waals surface area contributed by atoms with Gasteiger partial charge < -0.3 is 10.1 Å². The monoisotopic (exact) mass is 392 g/mol. The minimum Gasteiger partial charge on any atom is -0.485 e. The molecule has 150 valence electrons. The van der Waals surface area contributed by atoms with Gasteiger partial charge in [-0.05, 0) is 51.5 Å². The van der Waals surface area contributed by atoms with Crippen LogP contribution in [0.15, 0.2) is 36.5 Å². The number of nitrogens with one attached hydrogen (secondary N) is 2. The van der Waals surface area contributed by atoms with E-state index < -0.39 is 5.60 Å². The lowest BCUT2D eigenvalue weighted by molar-refractivity contribution is -0.386. The number of fused-ring (bicyclic) bond motifs is 1. The van der Waals surface area contributed by atoms with Crippen LogP contribution in [0, 0.1) is 30.9 Å². The predicted octanol–water partition coefficient (Wildman–Crippen LogP) is 4.72. The van der Waals surface area contributed by atoms with Gasteiger partial charge in [-0.3, -0.25) is 15.2 Å². The maximum atomic E-state index is 11.5. The van der Waals surface area contributed by atoms with Gasteiger partial charge in [-0.25, -0.2) is 0 Å². The van der Waals surface area contributed by atoms with E-state index in [-0.39, 0.29) is 10.6 Å². The van der Waals surface area contributed by atoms with Gasteiger partial charge in [0.1, 0.15) is 11.4 Å². The third-order valence-electron chi connectivity index (χ3n) is 5.79. The zero-order valence-electron chi connectivity index (χ0n) is 17.0. The van der Waals surface area contributed by atoms with E-state index in [9.17, 15) is 10.1 Å². The van der Waals surface area contributed by atoms with Crippen molar-refractivity contribution >= 4 is 11.4 Å². The molecule has 4 rings (SSSR count). The Hall–Kier alpha value is -3.35. The molecule has 7 nitrogen and oxygen atoms in total. The summed E-state index contributed by atoms with van der Waals surface area (Å²) >= 11 is 0. The largest absolute Gasteiger partial charge is 0.485 e. The molecule has 1 aromatic heterocycles. The molecular formula is C22H24N4O3. The fraction of sp³-hybridized carbons (Fsp3) is 0.318. The average molecular weight is 392 g/mol. The van der Waals surface area contributed by atoms with Crippen molar-refractivity contribution in [1.29, 1.82) is 0 Å². The molecular weight excluding hydrogens is 368 g/mol. The van der Waals surface area contributed by atoms with Crippen LogP contribution >= 0.6 is 0 Å². The number of nitro groups is 1. The fourth-order valence-corrected chi connectivity index (χ4v) is 4.02. The van der Waals surface area contributed by atoms with E-state index in [2.05, 4.69) is 15.5 Å². The number of ether oxygens (including phenoxy) is 1. The van der Waals surface area contributed by atoms with Crippen molar-refractivity contribution in [2.45, 2.75) is 39.7 Å². The number of hydrogen-bond acceptors (Lipinski definition) is 5. The van der Waals surface area contributed by atoms with Crippen LogP contribution in [0.1, 0.15) is 29.2 Å². The van der Waals surface area contributed by atoms with Gasteiger partial charge in [-0.15, -0.1) is 0 Å². The smallest absolute Gasteiger partial charge is 0.275 e. The van der Waals surface area contributed by atoms with Gasteiger partial charge in [0, 0.05) is 40.6 Å². The van der Waals surface area contributed by atoms with Gasteiger partial charge in [-0.2, -0.15) is 5.10 Å². The highest BCUT2D eigenvalue weighted by molar-refractivity contribution is 5.64. The zero-order chi connectivity index (χ0) is 20.8. The lowest BCUT2D eigenvalue weighted by Crippen LogP contribution is -2.38. The standard InChI is InChI=1S/C22H24N4O3/c1-13-14(2)21-18(15(3)20(13)26(27)28)11-22(4,29-21)12-23-17-7-5-16(6-8-17)19-9-10-24-25-19/h5-10,23H,11-12H2,1-4H3,(H,24,25). The maximum absolute atomic E-state index is 11.5. The number of nitro benzene ring substituents is 1. The SMILES string of the molecule is Cc1c(C)c([N+](=O)[O-])c(C)c2c1OC(C)(CNc1ccc(-c3ccn[nH]3)cc1)C2. The molecule has 0 saturated heterocycles. The number of anilines is 1. The Kier molecular flexibility index (Phi) is 4.53. The number of aromatic nitrogens is 2. The van der Waals surface area contributed by atoms with E-state index in [1.807, 2.05) is 51.1 Å². The van der Waals surface area contributed by atoms with Gasteiger partial charge in [0.05, 0.1) is 17.2 Å². The quantitative estimate of drug-likeness (QED) is 0.484. The van der Waals surface area contributed by atoms with Gasteiger partial charge in [-0.1, -0.05) is 12.1 Å². The molecule has 1 aliphatic heterocycles. The number of benzene rings is 2. The van der Waals surface area contributed by atoms with E-state index in [1.165, 1.54) is 0 Å². The highest BCUT2D eigenvalue weighted by atomic mass is 16.6. The second-order valence-electron chi connectivity index (χ2n) is 7.92. The van der Waals surface area contributed by atoms with Gasteiger partial charge >= 0.3 is 0 Å². The summed E-state index contributed by atoms with van der Waals surface area (Å²) in [6.07, 6.45) is 2.36. The summed E-state index contributed by atoms with van der Waals surface area (Å²) in [7, 11) is 0. The van der Waals surface area contributed by atoms with Gasteiger partial charge in [0.25, 0.3) is 5.69 Å². The highest BCUT2D eigenvalue weighted by Crippen LogP contribution is 2.45. The Morgan fingerprint density at radius 3 is 2.52 bits per heavy atom. The molecule has 1 unspecified atom stereocenters. The van der Waals surface area contributed by atoms with Crippen LogP contribution < -0.4 is 10.1 Å². The molecule has 0 saturated carbocycles. The predicted molar refractivity (Wildman–Crippen MR) is 113 cm³/mol. The molecule has 0 amide bonds. The Morgan fingerprint density at radius 1 is 1.17 bits per heavy atom. The summed E-state index contributed by atoms with van der Waals surface area (Å²) in [6.45, 7) is 8.14. The summed E-state index contributed by atoms with van der Waals surface area (Å²) in [4.78, 5) is 11.2. The van der Waals surface area contributed by atoms with E-state index in [0.29, 0.717) is 24.1 Å². The second-order valence-corrected chi connectivity index (χ2v) is 7.92. The molecule has 0 radical (unpaired) electrons. The van der Waals surface area contributed by atoms with Crippen LogP contribution in [0.5, 0.6) is 5.75 Å². The van der Waals surface area contributed by atoms with Crippen LogP contribution in [0.2, 0.25) is 0 Å². The Labute approximate surface area is 169 Å². The summed E-state index contributed by atoms with van der Waals surface area (Å²) < 4.78 is 6.33. The molecule has 2 N–H and O–H groups in total. The molecule has 1 aliphatic rings. The van der Waals surface area contributed by atoms with Gasteiger partial charge in [0.2, 0.25) is 0 Å². The number of hydrogen-bond donors (Lipinski definition) is 2. The Balaban J connectivity index is 1.52. The van der Waals surface area contributed by atoms with E-state index in [1.54, 1.807) is 13.1 Å². The van der Waals surface area contributed by atoms with Crippen molar-refractivity contribution in [3.8, 4) is 17.0 Å². The second kappa shape index (κ2) is 6.92. The first kappa shape index (κ1) is 19.0. The number of H-pyrrole nitrogens is 1. The molecule has 0 fully saturated rings. The fourth-order valence-electron chi connectivity index (χ4n) is 4.02. The lowest BCUT2D eigenvalue weighted by Gasteiger charge is -2.25. The Bertz CT molecular complexity index is 1070. The number of nitrogens with zero attached hydrogens (tertiary/aromatic N) is 2. The van der Waals surface area contributed by atoms with Crippen molar-refractivity contribution in [3.05, 3.63) is 68.9 Å². The topological polar surface area (TPSA) is 93.1 Å². The van der Waals surface area contributed by atoms with Gasteiger partial charge in [0.15, 0.2) is 0 Å². The first-order valence-corrected chi connectivity index (χ1v) is 9.59. The van der Waals surface area contributed by atoms with Crippen molar-refractivity contribution in [1.82, 2.24) is 10.2 Å². The van der Waals surface area contributed by atoms with E-state index in [0.717, 1.165) is 33.8 Å². The van der Waals surface area contributed by atoms with Crippen LogP contribution in [0.3, 0.4) is 0 Å². The molecule has 0 spiro atoms. The minimum absolute atomic E-state index is 0.205. The van der Waals surface area contributed by atoms with Crippen molar-refractivity contribution < 1.29 is 9.66 Å². The van der Waals surface area contributed by atoms with Crippen LogP contribution in [0.4, 0.5) is 11.4 Å². The summed E-state index contributed by atoms with van der Waals surface area (Å²) in [5.41, 5.74) is 5.95. The molecule has 2 aromatic carbocycles. The molecule has 2 heterocycles. The van der Waals surface area contributed by atoms with E-state index in [4.69, 9.17) is 4.74 Å². The third kappa shape index (κ3) is 3.33. The maximum Gasteiger partial charge on any atom is 0.275 e. The molecule has 3 aromatic rings. The van der Waals surface area contributed by atoms with Crippen molar-refractivity contribution in [3.63, 3.8) is 0 Å². The average Bonchev–Trinajstić information content (AvgIpc) is 3.34. The first-order chi connectivity index (χ1) is 13.8. The summed E-state index contributed by atoms with van der Waals surface area (Å²) in [5.74, 6) is 0.796. The van der Waals surface area contributed by atoms with E-state index >= 15 is 0 Å². The Morgan fingerprint density at radius 2 is 1.90 bits per heavy atom. The number of aromatic amines is 1. The third-order valence-corrected chi connectivity index (χ3v) is 5.79. The minimum atomic E-state index is -0.471. The lowest BCUT2D eigenvalue weighted by atomic mass is 9.92.